The van der Waals surface area contributed by atoms with Gasteiger partial charge in [0.05, 0.1) is 11.8 Å². The Labute approximate surface area is 76.2 Å². The van der Waals surface area contributed by atoms with Crippen LogP contribution in [-0.2, 0) is 4.74 Å². The van der Waals surface area contributed by atoms with Gasteiger partial charge in [0.1, 0.15) is 18.1 Å². The van der Waals surface area contributed by atoms with E-state index in [-0.39, 0.29) is 6.10 Å². The quantitative estimate of drug-likeness (QED) is 0.643. The first kappa shape index (κ1) is 8.14. The molecule has 1 atom stereocenters. The van der Waals surface area contributed by atoms with Gasteiger partial charge in [-0.15, -0.1) is 0 Å². The van der Waals surface area contributed by atoms with Crippen molar-refractivity contribution in [1.29, 1.82) is 5.26 Å². The minimum atomic E-state index is 0.0649. The molecule has 1 aliphatic heterocycles. The number of ether oxygens (including phenoxy) is 1. The molecule has 1 fully saturated rings. The Morgan fingerprint density at radius 3 is 3.15 bits per heavy atom. The maximum absolute atomic E-state index is 8.62. The highest BCUT2D eigenvalue weighted by molar-refractivity contribution is 5.22. The van der Waals surface area contributed by atoms with Crippen LogP contribution in [0.25, 0.3) is 0 Å². The number of hydrogen-bond donors (Lipinski definition) is 0. The zero-order valence-corrected chi connectivity index (χ0v) is 7.10. The van der Waals surface area contributed by atoms with Crippen molar-refractivity contribution in [1.82, 2.24) is 9.97 Å². The molecule has 2 heterocycles. The second-order valence-electron chi connectivity index (χ2n) is 2.94. The summed E-state index contributed by atoms with van der Waals surface area (Å²) in [5.74, 6) is 0. The SMILES string of the molecule is N#Cc1cc(C2CCCO2)ncn1. The van der Waals surface area contributed by atoms with Gasteiger partial charge < -0.3 is 4.74 Å². The Kier molecular flexibility index (Phi) is 2.19. The van der Waals surface area contributed by atoms with Crippen molar-refractivity contribution in [2.24, 2.45) is 0 Å². The molecule has 0 saturated carbocycles. The average Bonchev–Trinajstić information content (AvgIpc) is 2.71. The summed E-state index contributed by atoms with van der Waals surface area (Å²) in [5, 5.41) is 8.62. The monoisotopic (exact) mass is 175 g/mol. The molecule has 1 unspecified atom stereocenters. The van der Waals surface area contributed by atoms with Crippen molar-refractivity contribution >= 4 is 0 Å². The van der Waals surface area contributed by atoms with Crippen LogP contribution in [0, 0.1) is 11.3 Å². The Hall–Kier alpha value is -1.47. The lowest BCUT2D eigenvalue weighted by atomic mass is 10.1. The smallest absolute Gasteiger partial charge is 0.144 e. The summed E-state index contributed by atoms with van der Waals surface area (Å²) in [4.78, 5) is 7.88. The molecule has 0 radical (unpaired) electrons. The van der Waals surface area contributed by atoms with E-state index in [1.54, 1.807) is 6.07 Å². The van der Waals surface area contributed by atoms with Gasteiger partial charge in [-0.3, -0.25) is 0 Å². The third kappa shape index (κ3) is 1.65. The number of nitriles is 1. The molecule has 0 N–H and O–H groups in total. The van der Waals surface area contributed by atoms with Gasteiger partial charge in [0.25, 0.3) is 0 Å². The van der Waals surface area contributed by atoms with Crippen LogP contribution in [0.2, 0.25) is 0 Å². The second kappa shape index (κ2) is 3.50. The van der Waals surface area contributed by atoms with Crippen LogP contribution in [-0.4, -0.2) is 16.6 Å². The lowest BCUT2D eigenvalue weighted by molar-refractivity contribution is 0.108. The fourth-order valence-electron chi connectivity index (χ4n) is 1.42. The van der Waals surface area contributed by atoms with Crippen molar-refractivity contribution in [2.45, 2.75) is 18.9 Å². The van der Waals surface area contributed by atoms with Crippen molar-refractivity contribution in [2.75, 3.05) is 6.61 Å². The predicted molar refractivity (Wildman–Crippen MR) is 44.7 cm³/mol. The average molecular weight is 175 g/mol. The van der Waals surface area contributed by atoms with Crippen LogP contribution in [0.15, 0.2) is 12.4 Å². The molecule has 4 heteroatoms. The molecule has 1 aliphatic rings. The Morgan fingerprint density at radius 1 is 1.54 bits per heavy atom. The summed E-state index contributed by atoms with van der Waals surface area (Å²) in [6.07, 6.45) is 3.53. The number of aromatic nitrogens is 2. The first-order valence-corrected chi connectivity index (χ1v) is 4.24. The number of hydrogen-bond acceptors (Lipinski definition) is 4. The van der Waals surface area contributed by atoms with Crippen LogP contribution < -0.4 is 0 Å². The van der Waals surface area contributed by atoms with Crippen molar-refractivity contribution in [3.05, 3.63) is 23.8 Å². The van der Waals surface area contributed by atoms with Gasteiger partial charge in [0.15, 0.2) is 0 Å². The fraction of sp³-hybridized carbons (Fsp3) is 0.444. The van der Waals surface area contributed by atoms with Crippen LogP contribution in [0.5, 0.6) is 0 Å². The van der Waals surface area contributed by atoms with Gasteiger partial charge in [0, 0.05) is 6.61 Å². The van der Waals surface area contributed by atoms with E-state index in [1.807, 2.05) is 6.07 Å². The largest absolute Gasteiger partial charge is 0.372 e. The highest BCUT2D eigenvalue weighted by atomic mass is 16.5. The van der Waals surface area contributed by atoms with Crippen molar-refractivity contribution in [3.63, 3.8) is 0 Å². The van der Waals surface area contributed by atoms with Gasteiger partial charge in [-0.05, 0) is 18.9 Å². The normalized spacial score (nSPS) is 21.3. The summed E-state index contributed by atoms with van der Waals surface area (Å²) in [5.41, 5.74) is 1.23. The van der Waals surface area contributed by atoms with E-state index < -0.39 is 0 Å². The van der Waals surface area contributed by atoms with E-state index in [0.717, 1.165) is 25.1 Å². The zero-order valence-electron chi connectivity index (χ0n) is 7.10. The first-order chi connectivity index (χ1) is 6.40. The maximum Gasteiger partial charge on any atom is 0.144 e. The summed E-state index contributed by atoms with van der Waals surface area (Å²) in [7, 11) is 0. The van der Waals surface area contributed by atoms with Crippen molar-refractivity contribution < 1.29 is 4.74 Å². The molecule has 1 aromatic rings. The van der Waals surface area contributed by atoms with Crippen molar-refractivity contribution in [3.8, 4) is 6.07 Å². The second-order valence-corrected chi connectivity index (χ2v) is 2.94. The molecule has 1 aromatic heterocycles. The summed E-state index contributed by atoms with van der Waals surface area (Å²) in [6.45, 7) is 0.788. The molecule has 13 heavy (non-hydrogen) atoms. The lowest BCUT2D eigenvalue weighted by Crippen LogP contribution is -2.00. The van der Waals surface area contributed by atoms with Gasteiger partial charge >= 0.3 is 0 Å². The predicted octanol–water partition coefficient (Wildman–Crippen LogP) is 1.20. The molecule has 4 nitrogen and oxygen atoms in total. The Balaban J connectivity index is 2.25. The third-order valence-corrected chi connectivity index (χ3v) is 2.06. The first-order valence-electron chi connectivity index (χ1n) is 4.24. The van der Waals surface area contributed by atoms with Gasteiger partial charge in [-0.2, -0.15) is 5.26 Å². The molecule has 2 rings (SSSR count). The molecule has 1 saturated heterocycles. The van der Waals surface area contributed by atoms with Gasteiger partial charge in [0.2, 0.25) is 0 Å². The van der Waals surface area contributed by atoms with E-state index in [1.165, 1.54) is 6.33 Å². The number of nitrogens with zero attached hydrogens (tertiary/aromatic N) is 3. The minimum absolute atomic E-state index is 0.0649. The zero-order chi connectivity index (χ0) is 9.10. The highest BCUT2D eigenvalue weighted by Gasteiger charge is 2.19. The van der Waals surface area contributed by atoms with E-state index >= 15 is 0 Å². The van der Waals surface area contributed by atoms with Crippen LogP contribution in [0.4, 0.5) is 0 Å². The lowest BCUT2D eigenvalue weighted by Gasteiger charge is -2.07. The fourth-order valence-corrected chi connectivity index (χ4v) is 1.42. The molecular weight excluding hydrogens is 166 g/mol. The maximum atomic E-state index is 8.62. The van der Waals surface area contributed by atoms with Crippen LogP contribution >= 0.6 is 0 Å². The van der Waals surface area contributed by atoms with E-state index in [4.69, 9.17) is 10.00 Å². The van der Waals surface area contributed by atoms with Gasteiger partial charge in [-0.25, -0.2) is 9.97 Å². The van der Waals surface area contributed by atoms with E-state index in [0.29, 0.717) is 5.69 Å². The minimum Gasteiger partial charge on any atom is -0.372 e. The topological polar surface area (TPSA) is 58.8 Å². The molecule has 0 bridgehead atoms. The van der Waals surface area contributed by atoms with Gasteiger partial charge in [-0.1, -0.05) is 0 Å². The standard InChI is InChI=1S/C9H9N3O/c10-5-7-4-8(12-6-11-7)9-2-1-3-13-9/h4,6,9H,1-3H2. The highest BCUT2D eigenvalue weighted by Crippen LogP contribution is 2.26. The molecule has 0 aromatic carbocycles. The molecular formula is C9H9N3O. The van der Waals surface area contributed by atoms with E-state index in [2.05, 4.69) is 9.97 Å². The molecule has 0 spiro atoms. The number of rotatable bonds is 1. The molecule has 0 aliphatic carbocycles. The van der Waals surface area contributed by atoms with E-state index in [9.17, 15) is 0 Å². The van der Waals surface area contributed by atoms with Crippen LogP contribution in [0.1, 0.15) is 30.3 Å². The molecule has 0 amide bonds. The summed E-state index contributed by atoms with van der Waals surface area (Å²) < 4.78 is 5.44. The van der Waals surface area contributed by atoms with Crippen LogP contribution in [0.3, 0.4) is 0 Å². The molecule has 66 valence electrons. The third-order valence-electron chi connectivity index (χ3n) is 2.06. The summed E-state index contributed by atoms with van der Waals surface area (Å²) >= 11 is 0. The Morgan fingerprint density at radius 2 is 2.46 bits per heavy atom. The Bertz CT molecular complexity index is 339. The summed E-state index contributed by atoms with van der Waals surface area (Å²) in [6, 6.07) is 3.67.